The summed E-state index contributed by atoms with van der Waals surface area (Å²) in [5.41, 5.74) is 2.00. The molecule has 0 aromatic heterocycles. The SMILES string of the molecule is CC(C)(C)c1ccc(S(=O)(=O)/C=C\c2ccccc2)cc1. The Morgan fingerprint density at radius 1 is 0.857 bits per heavy atom. The summed E-state index contributed by atoms with van der Waals surface area (Å²) < 4.78 is 24.6. The molecule has 2 nitrogen and oxygen atoms in total. The summed E-state index contributed by atoms with van der Waals surface area (Å²) in [5, 5.41) is 1.26. The van der Waals surface area contributed by atoms with Gasteiger partial charge in [-0.25, -0.2) is 8.42 Å². The second kappa shape index (κ2) is 5.86. The largest absolute Gasteiger partial charge is 0.219 e. The lowest BCUT2D eigenvalue weighted by Crippen LogP contribution is -2.11. The third-order valence-corrected chi connectivity index (χ3v) is 4.71. The van der Waals surface area contributed by atoms with Crippen molar-refractivity contribution >= 4 is 15.9 Å². The molecule has 0 saturated carbocycles. The highest BCUT2D eigenvalue weighted by Gasteiger charge is 2.15. The minimum Gasteiger partial charge on any atom is -0.219 e. The molecule has 110 valence electrons. The lowest BCUT2D eigenvalue weighted by molar-refractivity contribution is 0.588. The minimum absolute atomic E-state index is 0.0160. The monoisotopic (exact) mass is 300 g/mol. The molecular weight excluding hydrogens is 280 g/mol. The molecule has 0 fully saturated rings. The molecule has 0 spiro atoms. The van der Waals surface area contributed by atoms with Crippen molar-refractivity contribution < 1.29 is 8.42 Å². The van der Waals surface area contributed by atoms with Crippen LogP contribution in [0.4, 0.5) is 0 Å². The van der Waals surface area contributed by atoms with Gasteiger partial charge < -0.3 is 0 Å². The van der Waals surface area contributed by atoms with Gasteiger partial charge in [-0.2, -0.15) is 0 Å². The van der Waals surface area contributed by atoms with Gasteiger partial charge in [0.15, 0.2) is 9.84 Å². The second-order valence-electron chi connectivity index (χ2n) is 6.03. The lowest BCUT2D eigenvalue weighted by atomic mass is 9.87. The number of hydrogen-bond donors (Lipinski definition) is 0. The second-order valence-corrected chi connectivity index (χ2v) is 7.87. The zero-order valence-electron chi connectivity index (χ0n) is 12.6. The van der Waals surface area contributed by atoms with Crippen LogP contribution in [0, 0.1) is 0 Å². The van der Waals surface area contributed by atoms with Crippen LogP contribution in [0.2, 0.25) is 0 Å². The van der Waals surface area contributed by atoms with Gasteiger partial charge in [0.1, 0.15) is 0 Å². The first-order chi connectivity index (χ1) is 9.79. The predicted octanol–water partition coefficient (Wildman–Crippen LogP) is 4.43. The van der Waals surface area contributed by atoms with Gasteiger partial charge in [-0.05, 0) is 34.8 Å². The molecule has 0 aliphatic heterocycles. The zero-order valence-corrected chi connectivity index (χ0v) is 13.4. The molecule has 3 heteroatoms. The molecule has 0 aliphatic carbocycles. The van der Waals surface area contributed by atoms with Gasteiger partial charge in [0.05, 0.1) is 4.90 Å². The summed E-state index contributed by atoms with van der Waals surface area (Å²) in [7, 11) is -3.40. The number of benzene rings is 2. The van der Waals surface area contributed by atoms with Crippen molar-refractivity contribution in [2.24, 2.45) is 0 Å². The van der Waals surface area contributed by atoms with Crippen molar-refractivity contribution in [2.45, 2.75) is 31.1 Å². The van der Waals surface area contributed by atoms with E-state index in [-0.39, 0.29) is 5.41 Å². The molecule has 0 atom stereocenters. The summed E-state index contributed by atoms with van der Waals surface area (Å²) >= 11 is 0. The highest BCUT2D eigenvalue weighted by Crippen LogP contribution is 2.24. The Kier molecular flexibility index (Phi) is 4.33. The van der Waals surface area contributed by atoms with Crippen LogP contribution in [-0.4, -0.2) is 8.42 Å². The molecule has 0 aliphatic rings. The van der Waals surface area contributed by atoms with Crippen molar-refractivity contribution in [1.82, 2.24) is 0 Å². The predicted molar refractivity (Wildman–Crippen MR) is 87.8 cm³/mol. The molecule has 2 aromatic carbocycles. The van der Waals surface area contributed by atoms with E-state index >= 15 is 0 Å². The molecular formula is C18H20O2S. The topological polar surface area (TPSA) is 34.1 Å². The van der Waals surface area contributed by atoms with Gasteiger partial charge in [0.2, 0.25) is 0 Å². The Morgan fingerprint density at radius 2 is 1.43 bits per heavy atom. The van der Waals surface area contributed by atoms with Crippen LogP contribution in [0.25, 0.3) is 6.08 Å². The van der Waals surface area contributed by atoms with Gasteiger partial charge in [-0.3, -0.25) is 0 Å². The lowest BCUT2D eigenvalue weighted by Gasteiger charge is -2.18. The van der Waals surface area contributed by atoms with E-state index in [1.54, 1.807) is 18.2 Å². The average molecular weight is 300 g/mol. The molecule has 0 bridgehead atoms. The number of hydrogen-bond acceptors (Lipinski definition) is 2. The molecule has 0 amide bonds. The fourth-order valence-corrected chi connectivity index (χ4v) is 2.96. The van der Waals surface area contributed by atoms with Gasteiger partial charge in [-0.15, -0.1) is 0 Å². The van der Waals surface area contributed by atoms with E-state index in [1.807, 2.05) is 42.5 Å². The van der Waals surface area contributed by atoms with Crippen molar-refractivity contribution in [3.63, 3.8) is 0 Å². The maximum Gasteiger partial charge on any atom is 0.199 e. The van der Waals surface area contributed by atoms with Gasteiger partial charge in [0.25, 0.3) is 0 Å². The third-order valence-electron chi connectivity index (χ3n) is 3.29. The van der Waals surface area contributed by atoms with E-state index in [0.717, 1.165) is 11.1 Å². The summed E-state index contributed by atoms with van der Waals surface area (Å²) in [5.74, 6) is 0. The minimum atomic E-state index is -3.40. The fraction of sp³-hybridized carbons (Fsp3) is 0.222. The standard InChI is InChI=1S/C18H20O2S/c1-18(2,3)16-9-11-17(12-10-16)21(19,20)14-13-15-7-5-4-6-8-15/h4-14H,1-3H3/b14-13-. The van der Waals surface area contributed by atoms with Crippen LogP contribution >= 0.6 is 0 Å². The molecule has 2 aromatic rings. The van der Waals surface area contributed by atoms with E-state index in [2.05, 4.69) is 20.8 Å². The van der Waals surface area contributed by atoms with Gasteiger partial charge in [-0.1, -0.05) is 63.2 Å². The zero-order chi connectivity index (χ0) is 15.5. The van der Waals surface area contributed by atoms with Crippen molar-refractivity contribution in [3.05, 3.63) is 71.1 Å². The van der Waals surface area contributed by atoms with E-state index in [0.29, 0.717) is 4.90 Å². The van der Waals surface area contributed by atoms with E-state index in [9.17, 15) is 8.42 Å². The summed E-state index contributed by atoms with van der Waals surface area (Å²) in [6.45, 7) is 6.31. The highest BCUT2D eigenvalue weighted by molar-refractivity contribution is 7.94. The summed E-state index contributed by atoms with van der Waals surface area (Å²) in [6.07, 6.45) is 1.62. The van der Waals surface area contributed by atoms with E-state index in [1.165, 1.54) is 5.41 Å². The Labute approximate surface area is 127 Å². The van der Waals surface area contributed by atoms with Crippen LogP contribution in [0.5, 0.6) is 0 Å². The molecule has 0 radical (unpaired) electrons. The molecule has 21 heavy (non-hydrogen) atoms. The van der Waals surface area contributed by atoms with Crippen LogP contribution < -0.4 is 0 Å². The average Bonchev–Trinajstić information content (AvgIpc) is 2.46. The van der Waals surface area contributed by atoms with E-state index < -0.39 is 9.84 Å². The first kappa shape index (κ1) is 15.5. The van der Waals surface area contributed by atoms with Crippen molar-refractivity contribution in [2.75, 3.05) is 0 Å². The Morgan fingerprint density at radius 3 is 1.95 bits per heavy atom. The number of sulfone groups is 1. The third kappa shape index (κ3) is 4.05. The smallest absolute Gasteiger partial charge is 0.199 e. The first-order valence-electron chi connectivity index (χ1n) is 6.88. The van der Waals surface area contributed by atoms with Gasteiger partial charge in [0, 0.05) is 5.41 Å². The highest BCUT2D eigenvalue weighted by atomic mass is 32.2. The van der Waals surface area contributed by atoms with Gasteiger partial charge >= 0.3 is 0 Å². The van der Waals surface area contributed by atoms with E-state index in [4.69, 9.17) is 0 Å². The summed E-state index contributed by atoms with van der Waals surface area (Å²) in [4.78, 5) is 0.322. The maximum absolute atomic E-state index is 12.3. The quantitative estimate of drug-likeness (QED) is 0.840. The number of rotatable bonds is 3. The van der Waals surface area contributed by atoms with Crippen LogP contribution in [0.3, 0.4) is 0 Å². The fourth-order valence-electron chi connectivity index (χ4n) is 1.96. The van der Waals surface area contributed by atoms with Crippen molar-refractivity contribution in [1.29, 1.82) is 0 Å². The Balaban J connectivity index is 2.26. The van der Waals surface area contributed by atoms with Crippen molar-refractivity contribution in [3.8, 4) is 0 Å². The molecule has 0 saturated heterocycles. The molecule has 0 N–H and O–H groups in total. The maximum atomic E-state index is 12.3. The Hall–Kier alpha value is -1.87. The van der Waals surface area contributed by atoms with Crippen LogP contribution in [0.15, 0.2) is 64.9 Å². The first-order valence-corrected chi connectivity index (χ1v) is 8.42. The molecule has 0 unspecified atom stereocenters. The van der Waals surface area contributed by atoms with Crippen LogP contribution in [-0.2, 0) is 15.3 Å². The molecule has 2 rings (SSSR count). The Bertz CT molecular complexity index is 719. The summed E-state index contributed by atoms with van der Waals surface area (Å²) in [6, 6.07) is 16.5. The van der Waals surface area contributed by atoms with Crippen LogP contribution in [0.1, 0.15) is 31.9 Å². The molecule has 0 heterocycles. The normalized spacial score (nSPS) is 12.7.